The zero-order chi connectivity index (χ0) is 18.8. The number of amides is 2. The molecule has 0 aromatic heterocycles. The van der Waals surface area contributed by atoms with E-state index >= 15 is 0 Å². The largest absolute Gasteiger partial charge is 0.483 e. The summed E-state index contributed by atoms with van der Waals surface area (Å²) < 4.78 is 5.53. The first-order chi connectivity index (χ1) is 12.6. The lowest BCUT2D eigenvalue weighted by atomic mass is 10.1. The van der Waals surface area contributed by atoms with Crippen LogP contribution in [0.15, 0.2) is 54.6 Å². The van der Waals surface area contributed by atoms with E-state index in [9.17, 15) is 9.59 Å². The van der Waals surface area contributed by atoms with Gasteiger partial charge in [-0.3, -0.25) is 9.59 Å². The molecule has 0 aliphatic heterocycles. The first kappa shape index (κ1) is 19.2. The Hall–Kier alpha value is -3.08. The molecule has 5 heteroatoms. The second kappa shape index (κ2) is 10.0. The van der Waals surface area contributed by atoms with Crippen LogP contribution < -0.4 is 15.4 Å². The highest BCUT2D eigenvalue weighted by atomic mass is 16.5. The number of benzene rings is 2. The molecule has 0 unspecified atom stereocenters. The molecule has 0 spiro atoms. The van der Waals surface area contributed by atoms with E-state index < -0.39 is 0 Å². The molecule has 0 fully saturated rings. The molecule has 2 amide bonds. The van der Waals surface area contributed by atoms with Crippen molar-refractivity contribution in [2.45, 2.75) is 13.8 Å². The monoisotopic (exact) mass is 352 g/mol. The van der Waals surface area contributed by atoms with Crippen LogP contribution in [0.3, 0.4) is 0 Å². The molecule has 0 saturated heterocycles. The smallest absolute Gasteiger partial charge is 0.258 e. The fraction of sp³-hybridized carbons (Fsp3) is 0.238. The zero-order valence-electron chi connectivity index (χ0n) is 15.1. The number of carbonyl (C=O) groups is 2. The Morgan fingerprint density at radius 3 is 2.46 bits per heavy atom. The lowest BCUT2D eigenvalue weighted by molar-refractivity contribution is -0.123. The molecule has 0 radical (unpaired) electrons. The van der Waals surface area contributed by atoms with Crippen molar-refractivity contribution in [3.05, 3.63) is 71.3 Å². The third-order valence-electron chi connectivity index (χ3n) is 3.89. The molecule has 0 aliphatic carbocycles. The van der Waals surface area contributed by atoms with Crippen molar-refractivity contribution in [2.24, 2.45) is 0 Å². The minimum Gasteiger partial charge on any atom is -0.483 e. The first-order valence-corrected chi connectivity index (χ1v) is 8.53. The summed E-state index contributed by atoms with van der Waals surface area (Å²) in [6.07, 6.45) is 3.21. The topological polar surface area (TPSA) is 67.4 Å². The molecule has 0 saturated carbocycles. The molecule has 136 valence electrons. The Kier molecular flexibility index (Phi) is 7.43. The molecular formula is C21H24N2O3. The van der Waals surface area contributed by atoms with Crippen molar-refractivity contribution < 1.29 is 14.3 Å². The summed E-state index contributed by atoms with van der Waals surface area (Å²) in [5.74, 6) is 0.286. The van der Waals surface area contributed by atoms with Gasteiger partial charge >= 0.3 is 0 Å². The summed E-state index contributed by atoms with van der Waals surface area (Å²) in [6, 6.07) is 15.3. The molecule has 2 aromatic carbocycles. The highest BCUT2D eigenvalue weighted by molar-refractivity contribution is 5.91. The van der Waals surface area contributed by atoms with Crippen LogP contribution in [0.4, 0.5) is 0 Å². The Bertz CT molecular complexity index is 770. The van der Waals surface area contributed by atoms with Gasteiger partial charge in [-0.2, -0.15) is 0 Å². The molecule has 26 heavy (non-hydrogen) atoms. The average molecular weight is 352 g/mol. The van der Waals surface area contributed by atoms with Crippen molar-refractivity contribution in [3.63, 3.8) is 0 Å². The van der Waals surface area contributed by atoms with E-state index in [0.717, 1.165) is 16.7 Å². The van der Waals surface area contributed by atoms with Crippen LogP contribution in [0, 0.1) is 13.8 Å². The van der Waals surface area contributed by atoms with Gasteiger partial charge in [-0.05, 0) is 42.7 Å². The summed E-state index contributed by atoms with van der Waals surface area (Å²) in [5, 5.41) is 5.43. The molecule has 2 N–H and O–H groups in total. The van der Waals surface area contributed by atoms with Gasteiger partial charge in [0, 0.05) is 19.2 Å². The lowest BCUT2D eigenvalue weighted by Gasteiger charge is -2.11. The SMILES string of the molecule is Cc1cccc(OCC(=O)NCCNC(=O)/C=C/c2ccccc2)c1C. The van der Waals surface area contributed by atoms with E-state index in [-0.39, 0.29) is 18.4 Å². The Morgan fingerprint density at radius 1 is 0.962 bits per heavy atom. The minimum atomic E-state index is -0.222. The predicted octanol–water partition coefficient (Wildman–Crippen LogP) is 2.63. The van der Waals surface area contributed by atoms with Gasteiger partial charge < -0.3 is 15.4 Å². The summed E-state index contributed by atoms with van der Waals surface area (Å²) in [6.45, 7) is 4.61. The maximum Gasteiger partial charge on any atom is 0.258 e. The second-order valence-electron chi connectivity index (χ2n) is 5.87. The van der Waals surface area contributed by atoms with Gasteiger partial charge in [0.2, 0.25) is 5.91 Å². The maximum absolute atomic E-state index is 11.8. The lowest BCUT2D eigenvalue weighted by Crippen LogP contribution is -2.36. The number of nitrogens with one attached hydrogen (secondary N) is 2. The van der Waals surface area contributed by atoms with Crippen molar-refractivity contribution in [1.82, 2.24) is 10.6 Å². The fourth-order valence-electron chi connectivity index (χ4n) is 2.26. The van der Waals surface area contributed by atoms with Crippen LogP contribution >= 0.6 is 0 Å². The van der Waals surface area contributed by atoms with Gasteiger partial charge in [-0.25, -0.2) is 0 Å². The van der Waals surface area contributed by atoms with E-state index in [2.05, 4.69) is 10.6 Å². The number of carbonyl (C=O) groups excluding carboxylic acids is 2. The van der Waals surface area contributed by atoms with Gasteiger partial charge in [-0.1, -0.05) is 42.5 Å². The third-order valence-corrected chi connectivity index (χ3v) is 3.89. The summed E-state index contributed by atoms with van der Waals surface area (Å²) in [7, 11) is 0. The molecule has 2 rings (SSSR count). The molecule has 0 bridgehead atoms. The number of rotatable bonds is 8. The zero-order valence-corrected chi connectivity index (χ0v) is 15.1. The van der Waals surface area contributed by atoms with Crippen molar-refractivity contribution in [2.75, 3.05) is 19.7 Å². The van der Waals surface area contributed by atoms with Crippen LogP contribution in [0.2, 0.25) is 0 Å². The van der Waals surface area contributed by atoms with Gasteiger partial charge in [0.05, 0.1) is 0 Å². The van der Waals surface area contributed by atoms with Crippen LogP contribution in [0.1, 0.15) is 16.7 Å². The number of hydrogen-bond acceptors (Lipinski definition) is 3. The maximum atomic E-state index is 11.8. The normalized spacial score (nSPS) is 10.5. The fourth-order valence-corrected chi connectivity index (χ4v) is 2.26. The molecule has 0 atom stereocenters. The van der Waals surface area contributed by atoms with Gasteiger partial charge in [-0.15, -0.1) is 0 Å². The standard InChI is InChI=1S/C21H24N2O3/c1-16-7-6-10-19(17(16)2)26-15-21(25)23-14-13-22-20(24)12-11-18-8-4-3-5-9-18/h3-12H,13-15H2,1-2H3,(H,22,24)(H,23,25)/b12-11+. The Balaban J connectivity index is 1.63. The van der Waals surface area contributed by atoms with Crippen LogP contribution in [-0.4, -0.2) is 31.5 Å². The minimum absolute atomic E-state index is 0.0495. The van der Waals surface area contributed by atoms with Crippen molar-refractivity contribution in [1.29, 1.82) is 0 Å². The quantitative estimate of drug-likeness (QED) is 0.567. The highest BCUT2D eigenvalue weighted by Crippen LogP contribution is 2.20. The number of hydrogen-bond donors (Lipinski definition) is 2. The first-order valence-electron chi connectivity index (χ1n) is 8.53. The third kappa shape index (κ3) is 6.43. The summed E-state index contributed by atoms with van der Waals surface area (Å²) in [4.78, 5) is 23.5. The molecule has 0 aliphatic rings. The van der Waals surface area contributed by atoms with E-state index in [0.29, 0.717) is 18.8 Å². The number of aryl methyl sites for hydroxylation is 1. The predicted molar refractivity (Wildman–Crippen MR) is 103 cm³/mol. The van der Waals surface area contributed by atoms with E-state index in [4.69, 9.17) is 4.74 Å². The summed E-state index contributed by atoms with van der Waals surface area (Å²) in [5.41, 5.74) is 3.10. The number of ether oxygens (including phenoxy) is 1. The van der Waals surface area contributed by atoms with E-state index in [1.165, 1.54) is 6.08 Å². The van der Waals surface area contributed by atoms with E-state index in [1.807, 2.05) is 62.4 Å². The van der Waals surface area contributed by atoms with Gasteiger partial charge in [0.15, 0.2) is 6.61 Å². The Morgan fingerprint density at radius 2 is 1.69 bits per heavy atom. The van der Waals surface area contributed by atoms with Crippen molar-refractivity contribution in [3.8, 4) is 5.75 Å². The second-order valence-corrected chi connectivity index (χ2v) is 5.87. The van der Waals surface area contributed by atoms with Gasteiger partial charge in [0.25, 0.3) is 5.91 Å². The van der Waals surface area contributed by atoms with Crippen LogP contribution in [0.5, 0.6) is 5.75 Å². The van der Waals surface area contributed by atoms with Crippen molar-refractivity contribution >= 4 is 17.9 Å². The van der Waals surface area contributed by atoms with Crippen LogP contribution in [0.25, 0.3) is 6.08 Å². The molecule has 0 heterocycles. The molecular weight excluding hydrogens is 328 g/mol. The van der Waals surface area contributed by atoms with E-state index in [1.54, 1.807) is 6.08 Å². The average Bonchev–Trinajstić information content (AvgIpc) is 2.65. The Labute approximate surface area is 154 Å². The summed E-state index contributed by atoms with van der Waals surface area (Å²) >= 11 is 0. The highest BCUT2D eigenvalue weighted by Gasteiger charge is 2.05. The van der Waals surface area contributed by atoms with Gasteiger partial charge in [0.1, 0.15) is 5.75 Å². The molecule has 5 nitrogen and oxygen atoms in total. The van der Waals surface area contributed by atoms with Crippen LogP contribution in [-0.2, 0) is 9.59 Å². The molecule has 2 aromatic rings.